The van der Waals surface area contributed by atoms with Gasteiger partial charge in [0.05, 0.1) is 12.1 Å². The number of carbonyl (C=O) groups excluding carboxylic acids is 1. The van der Waals surface area contributed by atoms with Crippen LogP contribution in [0.2, 0.25) is 0 Å². The van der Waals surface area contributed by atoms with Gasteiger partial charge < -0.3 is 4.90 Å². The molecule has 24 heavy (non-hydrogen) atoms. The highest BCUT2D eigenvalue weighted by molar-refractivity contribution is 5.83. The van der Waals surface area contributed by atoms with Gasteiger partial charge in [-0.1, -0.05) is 38.1 Å². The minimum Gasteiger partial charge on any atom is -0.338 e. The Bertz CT molecular complexity index is 675. The molecule has 0 N–H and O–H groups in total. The van der Waals surface area contributed by atoms with Crippen LogP contribution >= 0.6 is 0 Å². The first-order valence-electron chi connectivity index (χ1n) is 8.75. The summed E-state index contributed by atoms with van der Waals surface area (Å²) < 4.78 is 1.77. The number of carbonyl (C=O) groups is 1. The van der Waals surface area contributed by atoms with Crippen molar-refractivity contribution in [2.24, 2.45) is 13.0 Å². The lowest BCUT2D eigenvalue weighted by Gasteiger charge is -2.24. The Morgan fingerprint density at radius 3 is 2.58 bits per heavy atom. The van der Waals surface area contributed by atoms with E-state index < -0.39 is 0 Å². The smallest absolute Gasteiger partial charge is 0.230 e. The number of rotatable bonds is 7. The molecule has 0 saturated heterocycles. The molecular formula is C20H29N3O. The van der Waals surface area contributed by atoms with Gasteiger partial charge in [0, 0.05) is 31.9 Å². The molecule has 130 valence electrons. The van der Waals surface area contributed by atoms with Crippen molar-refractivity contribution in [2.45, 2.75) is 46.6 Å². The minimum atomic E-state index is -0.131. The standard InChI is InChI=1S/C20H29N3O/c1-6-23(14-18-12-21-22(5)13-18)20(24)16(4)19-9-7-8-17(11-19)10-15(2)3/h7-9,11-13,15-16H,6,10,14H2,1-5H3. The van der Waals surface area contributed by atoms with Crippen LogP contribution in [0.3, 0.4) is 0 Å². The molecule has 0 aliphatic heterocycles. The molecule has 1 heterocycles. The molecule has 0 bridgehead atoms. The number of hydrogen-bond donors (Lipinski definition) is 0. The van der Waals surface area contributed by atoms with E-state index in [-0.39, 0.29) is 11.8 Å². The lowest BCUT2D eigenvalue weighted by Crippen LogP contribution is -2.33. The molecule has 4 nitrogen and oxygen atoms in total. The number of aromatic nitrogens is 2. The highest BCUT2D eigenvalue weighted by Crippen LogP contribution is 2.21. The Morgan fingerprint density at radius 1 is 1.25 bits per heavy atom. The van der Waals surface area contributed by atoms with Crippen LogP contribution in [0, 0.1) is 5.92 Å². The SMILES string of the molecule is CCN(Cc1cnn(C)c1)C(=O)C(C)c1cccc(CC(C)C)c1. The van der Waals surface area contributed by atoms with Crippen LogP contribution in [-0.2, 0) is 24.8 Å². The average Bonchev–Trinajstić information content (AvgIpc) is 2.96. The Hall–Kier alpha value is -2.10. The number of likely N-dealkylation sites (N-methyl/N-ethyl adjacent to an activating group) is 1. The van der Waals surface area contributed by atoms with Crippen molar-refractivity contribution >= 4 is 5.91 Å². The zero-order chi connectivity index (χ0) is 17.7. The van der Waals surface area contributed by atoms with E-state index in [0.717, 1.165) is 17.5 Å². The summed E-state index contributed by atoms with van der Waals surface area (Å²) in [7, 11) is 1.89. The third kappa shape index (κ3) is 4.70. The van der Waals surface area contributed by atoms with Crippen molar-refractivity contribution in [1.29, 1.82) is 0 Å². The van der Waals surface area contributed by atoms with E-state index in [0.29, 0.717) is 19.0 Å². The molecule has 0 aliphatic rings. The van der Waals surface area contributed by atoms with E-state index in [1.807, 2.05) is 38.2 Å². The van der Waals surface area contributed by atoms with Crippen molar-refractivity contribution in [1.82, 2.24) is 14.7 Å². The van der Waals surface area contributed by atoms with Gasteiger partial charge in [0.15, 0.2) is 0 Å². The largest absolute Gasteiger partial charge is 0.338 e. The zero-order valence-electron chi connectivity index (χ0n) is 15.5. The van der Waals surface area contributed by atoms with E-state index in [9.17, 15) is 4.79 Å². The lowest BCUT2D eigenvalue weighted by molar-refractivity contribution is -0.132. The van der Waals surface area contributed by atoms with E-state index in [4.69, 9.17) is 0 Å². The summed E-state index contributed by atoms with van der Waals surface area (Å²) in [5, 5.41) is 4.18. The fraction of sp³-hybridized carbons (Fsp3) is 0.500. The van der Waals surface area contributed by atoms with E-state index in [1.165, 1.54) is 5.56 Å². The van der Waals surface area contributed by atoms with Crippen LogP contribution in [0.5, 0.6) is 0 Å². The third-order valence-electron chi connectivity index (χ3n) is 4.29. The molecular weight excluding hydrogens is 298 g/mol. The van der Waals surface area contributed by atoms with Gasteiger partial charge in [0.2, 0.25) is 5.91 Å². The number of nitrogens with zero attached hydrogens (tertiary/aromatic N) is 3. The molecule has 1 atom stereocenters. The van der Waals surface area contributed by atoms with Gasteiger partial charge in [-0.25, -0.2) is 0 Å². The van der Waals surface area contributed by atoms with Crippen molar-refractivity contribution in [2.75, 3.05) is 6.54 Å². The van der Waals surface area contributed by atoms with Crippen LogP contribution < -0.4 is 0 Å². The van der Waals surface area contributed by atoms with E-state index in [2.05, 4.69) is 43.2 Å². The predicted molar refractivity (Wildman–Crippen MR) is 97.7 cm³/mol. The molecule has 0 aliphatic carbocycles. The van der Waals surface area contributed by atoms with Crippen LogP contribution in [0.1, 0.15) is 50.3 Å². The first-order valence-corrected chi connectivity index (χ1v) is 8.75. The summed E-state index contributed by atoms with van der Waals surface area (Å²) in [5.41, 5.74) is 3.47. The second-order valence-electron chi connectivity index (χ2n) is 6.94. The summed E-state index contributed by atoms with van der Waals surface area (Å²) in [6.45, 7) is 9.77. The quantitative estimate of drug-likeness (QED) is 0.776. The van der Waals surface area contributed by atoms with Crippen molar-refractivity contribution in [3.05, 3.63) is 53.3 Å². The number of benzene rings is 1. The summed E-state index contributed by atoms with van der Waals surface area (Å²) in [4.78, 5) is 14.8. The van der Waals surface area contributed by atoms with Gasteiger partial charge in [-0.2, -0.15) is 5.10 Å². The highest BCUT2D eigenvalue weighted by Gasteiger charge is 2.21. The van der Waals surface area contributed by atoms with Gasteiger partial charge in [0.1, 0.15) is 0 Å². The molecule has 1 unspecified atom stereocenters. The molecule has 1 aromatic carbocycles. The maximum absolute atomic E-state index is 12.9. The molecule has 0 spiro atoms. The van der Waals surface area contributed by atoms with Crippen LogP contribution in [-0.4, -0.2) is 27.1 Å². The number of amides is 1. The molecule has 1 aromatic heterocycles. The fourth-order valence-corrected chi connectivity index (χ4v) is 3.00. The van der Waals surface area contributed by atoms with Gasteiger partial charge in [-0.15, -0.1) is 0 Å². The van der Waals surface area contributed by atoms with Crippen LogP contribution in [0.4, 0.5) is 0 Å². The maximum Gasteiger partial charge on any atom is 0.230 e. The van der Waals surface area contributed by atoms with Gasteiger partial charge >= 0.3 is 0 Å². The normalized spacial score (nSPS) is 12.4. The number of hydrogen-bond acceptors (Lipinski definition) is 2. The molecule has 2 rings (SSSR count). The first-order chi connectivity index (χ1) is 11.4. The Balaban J connectivity index is 2.11. The zero-order valence-corrected chi connectivity index (χ0v) is 15.5. The summed E-state index contributed by atoms with van der Waals surface area (Å²) in [6, 6.07) is 8.45. The molecule has 0 saturated carbocycles. The molecule has 1 amide bonds. The Morgan fingerprint density at radius 2 is 2.00 bits per heavy atom. The minimum absolute atomic E-state index is 0.131. The average molecular weight is 327 g/mol. The molecule has 2 aromatic rings. The summed E-state index contributed by atoms with van der Waals surface area (Å²) >= 11 is 0. The monoisotopic (exact) mass is 327 g/mol. The van der Waals surface area contributed by atoms with Crippen molar-refractivity contribution in [3.63, 3.8) is 0 Å². The topological polar surface area (TPSA) is 38.1 Å². The fourth-order valence-electron chi connectivity index (χ4n) is 3.00. The van der Waals surface area contributed by atoms with Crippen molar-refractivity contribution in [3.8, 4) is 0 Å². The second kappa shape index (κ2) is 8.13. The van der Waals surface area contributed by atoms with Crippen LogP contribution in [0.15, 0.2) is 36.7 Å². The summed E-state index contributed by atoms with van der Waals surface area (Å²) in [5.74, 6) is 0.653. The predicted octanol–water partition coefficient (Wildman–Crippen LogP) is 3.77. The Labute approximate surface area is 145 Å². The van der Waals surface area contributed by atoms with Gasteiger partial charge in [-0.3, -0.25) is 9.48 Å². The third-order valence-corrected chi connectivity index (χ3v) is 4.29. The molecule has 0 fully saturated rings. The van der Waals surface area contributed by atoms with E-state index in [1.54, 1.807) is 4.68 Å². The van der Waals surface area contributed by atoms with Gasteiger partial charge in [-0.05, 0) is 37.3 Å². The van der Waals surface area contributed by atoms with E-state index >= 15 is 0 Å². The number of aryl methyl sites for hydroxylation is 1. The summed E-state index contributed by atoms with van der Waals surface area (Å²) in [6.07, 6.45) is 4.83. The second-order valence-corrected chi connectivity index (χ2v) is 6.94. The van der Waals surface area contributed by atoms with Crippen molar-refractivity contribution < 1.29 is 4.79 Å². The van der Waals surface area contributed by atoms with Gasteiger partial charge in [0.25, 0.3) is 0 Å². The lowest BCUT2D eigenvalue weighted by atomic mass is 9.94. The molecule has 4 heteroatoms. The molecule has 0 radical (unpaired) electrons. The van der Waals surface area contributed by atoms with Crippen LogP contribution in [0.25, 0.3) is 0 Å². The first kappa shape index (κ1) is 18.2. The Kier molecular flexibility index (Phi) is 6.18. The maximum atomic E-state index is 12.9. The highest BCUT2D eigenvalue weighted by atomic mass is 16.2.